The number of ether oxygens (including phenoxy) is 2. The van der Waals surface area contributed by atoms with E-state index in [4.69, 9.17) is 9.47 Å². The molecule has 0 aliphatic carbocycles. The number of halogens is 1. The van der Waals surface area contributed by atoms with E-state index < -0.39 is 0 Å². The van der Waals surface area contributed by atoms with Gasteiger partial charge >= 0.3 is 0 Å². The van der Waals surface area contributed by atoms with Crippen molar-refractivity contribution in [2.45, 2.75) is 26.0 Å². The molecule has 1 fully saturated rings. The molecule has 1 saturated heterocycles. The van der Waals surface area contributed by atoms with Crippen molar-refractivity contribution in [3.8, 4) is 11.5 Å². The molecule has 0 saturated carbocycles. The maximum Gasteiger partial charge on any atom is 0.258 e. The maximum atomic E-state index is 12.2. The number of hydrogen-bond acceptors (Lipinski definition) is 4. The highest BCUT2D eigenvalue weighted by Crippen LogP contribution is 2.27. The number of carbonyl (C=O) groups is 1. The van der Waals surface area contributed by atoms with Gasteiger partial charge in [0.25, 0.3) is 5.91 Å². The number of nitrogens with one attached hydrogen (secondary N) is 2. The highest BCUT2D eigenvalue weighted by molar-refractivity contribution is 5.85. The molecule has 0 aromatic heterocycles. The Hall–Kier alpha value is -2.24. The van der Waals surface area contributed by atoms with Crippen LogP contribution in [0.4, 0.5) is 0 Å². The van der Waals surface area contributed by atoms with Crippen LogP contribution in [0.1, 0.15) is 18.9 Å². The van der Waals surface area contributed by atoms with Crippen LogP contribution in [0, 0.1) is 5.92 Å². The van der Waals surface area contributed by atoms with E-state index in [0.717, 1.165) is 25.1 Å². The van der Waals surface area contributed by atoms with Crippen LogP contribution >= 0.6 is 12.4 Å². The summed E-state index contributed by atoms with van der Waals surface area (Å²) in [5, 5.41) is 6.36. The number of piperidine rings is 1. The number of rotatable bonds is 7. The minimum atomic E-state index is -0.108. The lowest BCUT2D eigenvalue weighted by Crippen LogP contribution is -2.51. The van der Waals surface area contributed by atoms with Gasteiger partial charge in [-0.05, 0) is 36.6 Å². The number of carbonyl (C=O) groups excluding carboxylic acids is 1. The molecule has 27 heavy (non-hydrogen) atoms. The number of hydrogen-bond donors (Lipinski definition) is 2. The van der Waals surface area contributed by atoms with Crippen molar-refractivity contribution in [2.75, 3.05) is 19.7 Å². The average molecular weight is 391 g/mol. The van der Waals surface area contributed by atoms with E-state index in [9.17, 15) is 4.79 Å². The molecule has 1 aliphatic heterocycles. The maximum absolute atomic E-state index is 12.2. The lowest BCUT2D eigenvalue weighted by atomic mass is 9.95. The Bertz CT molecular complexity index is 712. The molecule has 2 aromatic rings. The largest absolute Gasteiger partial charge is 0.485 e. The lowest BCUT2D eigenvalue weighted by molar-refractivity contribution is -0.124. The van der Waals surface area contributed by atoms with Crippen molar-refractivity contribution in [3.63, 3.8) is 0 Å². The highest BCUT2D eigenvalue weighted by atomic mass is 35.5. The van der Waals surface area contributed by atoms with Crippen molar-refractivity contribution >= 4 is 18.3 Å². The molecular weight excluding hydrogens is 364 g/mol. The Kier molecular flexibility index (Phi) is 8.43. The molecule has 0 bridgehead atoms. The van der Waals surface area contributed by atoms with Gasteiger partial charge in [0.15, 0.2) is 18.1 Å². The van der Waals surface area contributed by atoms with Crippen LogP contribution in [0.3, 0.4) is 0 Å². The normalized spacial score (nSPS) is 18.9. The second-order valence-corrected chi connectivity index (χ2v) is 6.65. The molecule has 1 heterocycles. The minimum absolute atomic E-state index is 0. The third kappa shape index (κ3) is 6.45. The van der Waals surface area contributed by atoms with Gasteiger partial charge in [-0.15, -0.1) is 12.4 Å². The summed E-state index contributed by atoms with van der Waals surface area (Å²) < 4.78 is 11.6. The predicted octanol–water partition coefficient (Wildman–Crippen LogP) is 3.18. The van der Waals surface area contributed by atoms with Crippen molar-refractivity contribution in [3.05, 3.63) is 60.2 Å². The Morgan fingerprint density at radius 3 is 2.44 bits per heavy atom. The molecule has 2 atom stereocenters. The molecule has 146 valence electrons. The summed E-state index contributed by atoms with van der Waals surface area (Å²) in [6.45, 7) is 4.42. The summed E-state index contributed by atoms with van der Waals surface area (Å²) in [6.07, 6.45) is 1.07. The van der Waals surface area contributed by atoms with Gasteiger partial charge in [-0.1, -0.05) is 49.4 Å². The van der Waals surface area contributed by atoms with Crippen LogP contribution in [0.2, 0.25) is 0 Å². The van der Waals surface area contributed by atoms with Gasteiger partial charge in [0.2, 0.25) is 0 Å². The molecule has 3 rings (SSSR count). The predicted molar refractivity (Wildman–Crippen MR) is 109 cm³/mol. The van der Waals surface area contributed by atoms with Crippen molar-refractivity contribution in [1.82, 2.24) is 10.6 Å². The quantitative estimate of drug-likeness (QED) is 0.762. The van der Waals surface area contributed by atoms with Crippen LogP contribution in [0.15, 0.2) is 54.6 Å². The SMILES string of the molecule is CC1CCNCC1NC(=O)COc1ccccc1OCc1ccccc1.Cl. The van der Waals surface area contributed by atoms with E-state index in [2.05, 4.69) is 17.6 Å². The van der Waals surface area contributed by atoms with E-state index >= 15 is 0 Å². The summed E-state index contributed by atoms with van der Waals surface area (Å²) >= 11 is 0. The first kappa shape index (κ1) is 21.1. The first-order valence-electron chi connectivity index (χ1n) is 9.11. The zero-order chi connectivity index (χ0) is 18.2. The van der Waals surface area contributed by atoms with E-state index in [1.807, 2.05) is 54.6 Å². The Morgan fingerprint density at radius 2 is 1.74 bits per heavy atom. The monoisotopic (exact) mass is 390 g/mol. The van der Waals surface area contributed by atoms with Gasteiger partial charge in [0.05, 0.1) is 0 Å². The molecule has 1 aliphatic rings. The van der Waals surface area contributed by atoms with Crippen molar-refractivity contribution < 1.29 is 14.3 Å². The van der Waals surface area contributed by atoms with Crippen molar-refractivity contribution in [1.29, 1.82) is 0 Å². The third-order valence-electron chi connectivity index (χ3n) is 4.62. The molecular formula is C21H27ClN2O3. The van der Waals surface area contributed by atoms with Crippen LogP contribution in [0.25, 0.3) is 0 Å². The van der Waals surface area contributed by atoms with Crippen molar-refractivity contribution in [2.24, 2.45) is 5.92 Å². The zero-order valence-electron chi connectivity index (χ0n) is 15.5. The minimum Gasteiger partial charge on any atom is -0.485 e. The molecule has 1 amide bonds. The Labute approximate surface area is 166 Å². The summed E-state index contributed by atoms with van der Waals surface area (Å²) in [4.78, 5) is 12.2. The average Bonchev–Trinajstić information content (AvgIpc) is 2.68. The van der Waals surface area contributed by atoms with E-state index in [1.54, 1.807) is 0 Å². The van der Waals surface area contributed by atoms with Gasteiger partial charge in [0.1, 0.15) is 6.61 Å². The molecule has 0 spiro atoms. The van der Waals surface area contributed by atoms with Gasteiger partial charge in [-0.3, -0.25) is 4.79 Å². The Morgan fingerprint density at radius 1 is 1.07 bits per heavy atom. The van der Waals surface area contributed by atoms with Crippen LogP contribution in [0.5, 0.6) is 11.5 Å². The Balaban J connectivity index is 0.00000261. The molecule has 0 radical (unpaired) electrons. The van der Waals surface area contributed by atoms with Crippen LogP contribution < -0.4 is 20.1 Å². The summed E-state index contributed by atoms with van der Waals surface area (Å²) in [7, 11) is 0. The summed E-state index contributed by atoms with van der Waals surface area (Å²) in [5.74, 6) is 1.58. The number of amides is 1. The first-order valence-corrected chi connectivity index (χ1v) is 9.11. The summed E-state index contributed by atoms with van der Waals surface area (Å²) in [6, 6.07) is 17.5. The fourth-order valence-electron chi connectivity index (χ4n) is 3.00. The standard InChI is InChI=1S/C21H26N2O3.ClH/c1-16-11-12-22-13-18(16)23-21(24)15-26-20-10-6-5-9-19(20)25-14-17-7-3-2-4-8-17;/h2-10,16,18,22H,11-15H2,1H3,(H,23,24);1H. The van der Waals surface area contributed by atoms with E-state index in [-0.39, 0.29) is 31.0 Å². The lowest BCUT2D eigenvalue weighted by Gasteiger charge is -2.30. The van der Waals surface area contributed by atoms with Gasteiger partial charge in [0, 0.05) is 12.6 Å². The number of para-hydroxylation sites is 2. The fourth-order valence-corrected chi connectivity index (χ4v) is 3.00. The van der Waals surface area contributed by atoms with E-state index in [1.165, 1.54) is 0 Å². The second-order valence-electron chi connectivity index (χ2n) is 6.65. The molecule has 6 heteroatoms. The first-order chi connectivity index (χ1) is 12.7. The molecule has 5 nitrogen and oxygen atoms in total. The van der Waals surface area contributed by atoms with Gasteiger partial charge < -0.3 is 20.1 Å². The third-order valence-corrected chi connectivity index (χ3v) is 4.62. The molecule has 2 unspecified atom stereocenters. The number of benzene rings is 2. The zero-order valence-corrected chi connectivity index (χ0v) is 16.3. The smallest absolute Gasteiger partial charge is 0.258 e. The second kappa shape index (κ2) is 10.8. The highest BCUT2D eigenvalue weighted by Gasteiger charge is 2.22. The molecule has 2 aromatic carbocycles. The van der Waals surface area contributed by atoms with Gasteiger partial charge in [-0.25, -0.2) is 0 Å². The fraction of sp³-hybridized carbons (Fsp3) is 0.381. The van der Waals surface area contributed by atoms with Gasteiger partial charge in [-0.2, -0.15) is 0 Å². The molecule has 2 N–H and O–H groups in total. The van der Waals surface area contributed by atoms with E-state index in [0.29, 0.717) is 24.0 Å². The van der Waals surface area contributed by atoms with Crippen LogP contribution in [-0.2, 0) is 11.4 Å². The topological polar surface area (TPSA) is 59.6 Å². The summed E-state index contributed by atoms with van der Waals surface area (Å²) in [5.41, 5.74) is 1.08. The van der Waals surface area contributed by atoms with Crippen LogP contribution in [-0.4, -0.2) is 31.6 Å².